The maximum absolute atomic E-state index is 12.0. The monoisotopic (exact) mass is 317 g/mol. The van der Waals surface area contributed by atoms with Crippen LogP contribution in [0, 0.1) is 5.92 Å². The molecule has 1 saturated heterocycles. The smallest absolute Gasteiger partial charge is 0.406 e. The Labute approximate surface area is 126 Å². The number of amides is 1. The van der Waals surface area contributed by atoms with E-state index >= 15 is 0 Å². The minimum Gasteiger partial charge on any atom is -0.406 e. The lowest BCUT2D eigenvalue weighted by molar-refractivity contribution is -0.274. The summed E-state index contributed by atoms with van der Waals surface area (Å²) in [5.41, 5.74) is 0.717. The van der Waals surface area contributed by atoms with Crippen molar-refractivity contribution >= 4 is 5.91 Å². The van der Waals surface area contributed by atoms with Gasteiger partial charge in [-0.3, -0.25) is 4.79 Å². The molecule has 1 aromatic carbocycles. The van der Waals surface area contributed by atoms with Gasteiger partial charge in [0.1, 0.15) is 5.75 Å². The van der Waals surface area contributed by atoms with E-state index in [9.17, 15) is 18.0 Å². The fourth-order valence-electron chi connectivity index (χ4n) is 2.29. The van der Waals surface area contributed by atoms with E-state index < -0.39 is 6.36 Å². The number of hydrogen-bond acceptors (Lipinski definition) is 3. The van der Waals surface area contributed by atoms with Crippen molar-refractivity contribution in [3.05, 3.63) is 29.8 Å². The number of rotatable bonds is 5. The van der Waals surface area contributed by atoms with Crippen LogP contribution >= 0.6 is 0 Å². The standard InChI is InChI=1S/C15H18F3NO3/c16-15(17,18)22-13-3-1-12(2-4-13)10-19-14(20)9-11-5-7-21-8-6-11/h1-4,11H,5-10H2,(H,19,20). The summed E-state index contributed by atoms with van der Waals surface area (Å²) in [7, 11) is 0. The molecule has 1 fully saturated rings. The molecule has 0 spiro atoms. The molecule has 4 nitrogen and oxygen atoms in total. The van der Waals surface area contributed by atoms with Crippen molar-refractivity contribution in [1.29, 1.82) is 0 Å². The van der Waals surface area contributed by atoms with Crippen LogP contribution in [-0.2, 0) is 16.1 Å². The first kappa shape index (κ1) is 16.6. The van der Waals surface area contributed by atoms with Gasteiger partial charge < -0.3 is 14.8 Å². The van der Waals surface area contributed by atoms with Gasteiger partial charge >= 0.3 is 6.36 Å². The molecule has 0 atom stereocenters. The third kappa shape index (κ3) is 5.93. The highest BCUT2D eigenvalue weighted by molar-refractivity contribution is 5.76. The summed E-state index contributed by atoms with van der Waals surface area (Å²) in [6, 6.07) is 5.45. The molecule has 0 saturated carbocycles. The summed E-state index contributed by atoms with van der Waals surface area (Å²) in [6.07, 6.45) is -2.47. The molecular formula is C15H18F3NO3. The third-order valence-electron chi connectivity index (χ3n) is 3.46. The van der Waals surface area contributed by atoms with Crippen LogP contribution in [0.15, 0.2) is 24.3 Å². The second-order valence-corrected chi connectivity index (χ2v) is 5.23. The molecule has 1 heterocycles. The minimum absolute atomic E-state index is 0.0532. The average Bonchev–Trinajstić information content (AvgIpc) is 2.46. The molecule has 122 valence electrons. The largest absolute Gasteiger partial charge is 0.573 e. The first-order valence-corrected chi connectivity index (χ1v) is 7.11. The van der Waals surface area contributed by atoms with E-state index in [1.165, 1.54) is 24.3 Å². The Morgan fingerprint density at radius 3 is 2.45 bits per heavy atom. The average molecular weight is 317 g/mol. The van der Waals surface area contributed by atoms with E-state index in [0.29, 0.717) is 25.6 Å². The van der Waals surface area contributed by atoms with Gasteiger partial charge in [-0.25, -0.2) is 0 Å². The van der Waals surface area contributed by atoms with Gasteiger partial charge in [0.15, 0.2) is 0 Å². The lowest BCUT2D eigenvalue weighted by Gasteiger charge is -2.21. The molecule has 0 bridgehead atoms. The molecule has 0 aliphatic carbocycles. The normalized spacial score (nSPS) is 16.3. The van der Waals surface area contributed by atoms with E-state index in [1.807, 2.05) is 0 Å². The Bertz CT molecular complexity index is 482. The van der Waals surface area contributed by atoms with Crippen LogP contribution in [0.3, 0.4) is 0 Å². The van der Waals surface area contributed by atoms with Crippen molar-refractivity contribution in [1.82, 2.24) is 5.32 Å². The molecule has 22 heavy (non-hydrogen) atoms. The van der Waals surface area contributed by atoms with Crippen LogP contribution in [0.25, 0.3) is 0 Å². The predicted octanol–water partition coefficient (Wildman–Crippen LogP) is 3.02. The summed E-state index contributed by atoms with van der Waals surface area (Å²) in [6.45, 7) is 1.67. The fourth-order valence-corrected chi connectivity index (χ4v) is 2.29. The molecule has 0 radical (unpaired) electrons. The Morgan fingerprint density at radius 2 is 1.86 bits per heavy atom. The summed E-state index contributed by atoms with van der Waals surface area (Å²) in [4.78, 5) is 11.8. The number of halogens is 3. The van der Waals surface area contributed by atoms with Crippen molar-refractivity contribution < 1.29 is 27.4 Å². The number of ether oxygens (including phenoxy) is 2. The maximum atomic E-state index is 12.0. The van der Waals surface area contributed by atoms with Gasteiger partial charge in [-0.05, 0) is 36.5 Å². The summed E-state index contributed by atoms with van der Waals surface area (Å²) >= 11 is 0. The topological polar surface area (TPSA) is 47.6 Å². The van der Waals surface area contributed by atoms with Crippen LogP contribution < -0.4 is 10.1 Å². The number of hydrogen-bond donors (Lipinski definition) is 1. The van der Waals surface area contributed by atoms with Crippen LogP contribution in [0.1, 0.15) is 24.8 Å². The minimum atomic E-state index is -4.69. The molecule has 1 aliphatic rings. The lowest BCUT2D eigenvalue weighted by Crippen LogP contribution is -2.27. The number of carbonyl (C=O) groups is 1. The van der Waals surface area contributed by atoms with Crippen LogP contribution in [-0.4, -0.2) is 25.5 Å². The van der Waals surface area contributed by atoms with E-state index in [1.54, 1.807) is 0 Å². The summed E-state index contributed by atoms with van der Waals surface area (Å²) < 4.78 is 45.1. The number of benzene rings is 1. The van der Waals surface area contributed by atoms with Crippen molar-refractivity contribution in [2.45, 2.75) is 32.2 Å². The Morgan fingerprint density at radius 1 is 1.23 bits per heavy atom. The van der Waals surface area contributed by atoms with Gasteiger partial charge in [0.2, 0.25) is 5.91 Å². The van der Waals surface area contributed by atoms with Gasteiger partial charge in [0.25, 0.3) is 0 Å². The number of alkyl halides is 3. The fraction of sp³-hybridized carbons (Fsp3) is 0.533. The molecule has 0 aromatic heterocycles. The van der Waals surface area contributed by atoms with Gasteiger partial charge in [-0.15, -0.1) is 13.2 Å². The molecule has 1 aliphatic heterocycles. The van der Waals surface area contributed by atoms with Gasteiger partial charge in [-0.1, -0.05) is 12.1 Å². The molecule has 1 N–H and O–H groups in total. The lowest BCUT2D eigenvalue weighted by atomic mass is 9.96. The maximum Gasteiger partial charge on any atom is 0.573 e. The first-order valence-electron chi connectivity index (χ1n) is 7.11. The SMILES string of the molecule is O=C(CC1CCOCC1)NCc1ccc(OC(F)(F)F)cc1. The molecular weight excluding hydrogens is 299 g/mol. The predicted molar refractivity (Wildman–Crippen MR) is 73.1 cm³/mol. The Balaban J connectivity index is 1.75. The van der Waals surface area contributed by atoms with Crippen molar-refractivity contribution in [2.75, 3.05) is 13.2 Å². The number of nitrogens with one attached hydrogen (secondary N) is 1. The molecule has 7 heteroatoms. The first-order chi connectivity index (χ1) is 10.4. The third-order valence-corrected chi connectivity index (χ3v) is 3.46. The Kier molecular flexibility index (Phi) is 5.65. The van der Waals surface area contributed by atoms with Crippen molar-refractivity contribution in [2.24, 2.45) is 5.92 Å². The zero-order valence-corrected chi connectivity index (χ0v) is 12.0. The van der Waals surface area contributed by atoms with Crippen molar-refractivity contribution in [3.8, 4) is 5.75 Å². The van der Waals surface area contributed by atoms with Gasteiger partial charge in [0, 0.05) is 26.2 Å². The summed E-state index contributed by atoms with van der Waals surface area (Å²) in [5.74, 6) is 0.0172. The zero-order valence-electron chi connectivity index (χ0n) is 12.0. The van der Waals surface area contributed by atoms with E-state index in [0.717, 1.165) is 18.4 Å². The van der Waals surface area contributed by atoms with Gasteiger partial charge in [0.05, 0.1) is 0 Å². The van der Waals surface area contributed by atoms with E-state index in [-0.39, 0.29) is 18.2 Å². The quantitative estimate of drug-likeness (QED) is 0.908. The highest BCUT2D eigenvalue weighted by Gasteiger charge is 2.30. The molecule has 2 rings (SSSR count). The highest BCUT2D eigenvalue weighted by Crippen LogP contribution is 2.23. The molecule has 1 aromatic rings. The molecule has 1 amide bonds. The van der Waals surface area contributed by atoms with E-state index in [4.69, 9.17) is 4.74 Å². The number of carbonyl (C=O) groups excluding carboxylic acids is 1. The van der Waals surface area contributed by atoms with Crippen LogP contribution in [0.4, 0.5) is 13.2 Å². The van der Waals surface area contributed by atoms with Crippen molar-refractivity contribution in [3.63, 3.8) is 0 Å². The zero-order chi connectivity index (χ0) is 16.0. The van der Waals surface area contributed by atoms with Crippen LogP contribution in [0.5, 0.6) is 5.75 Å². The highest BCUT2D eigenvalue weighted by atomic mass is 19.4. The molecule has 0 unspecified atom stereocenters. The van der Waals surface area contributed by atoms with E-state index in [2.05, 4.69) is 10.1 Å². The van der Waals surface area contributed by atoms with Gasteiger partial charge in [-0.2, -0.15) is 0 Å². The Hall–Kier alpha value is -1.76. The second kappa shape index (κ2) is 7.49. The second-order valence-electron chi connectivity index (χ2n) is 5.23. The summed E-state index contributed by atoms with van der Waals surface area (Å²) in [5, 5.41) is 2.77. The van der Waals surface area contributed by atoms with Crippen LogP contribution in [0.2, 0.25) is 0 Å².